The Balaban J connectivity index is 2.96. The fraction of sp³-hybridized carbons (Fsp3) is 0.889. The molecule has 0 N–H and O–H groups in total. The standard InChI is InChI=1S/C18H36O5/c1-4-19-21-23-22-20-17-15-13-11-9-7-5-6-8-10-12-14-16-18(2)3/h4,18H,1,5-17H2,2-3H3. The van der Waals surface area contributed by atoms with Crippen LogP contribution in [-0.4, -0.2) is 6.61 Å². The van der Waals surface area contributed by atoms with Crippen LogP contribution in [-0.2, 0) is 24.9 Å². The van der Waals surface area contributed by atoms with Crippen molar-refractivity contribution in [1.29, 1.82) is 0 Å². The van der Waals surface area contributed by atoms with Crippen LogP contribution in [0, 0.1) is 5.92 Å². The molecule has 0 bridgehead atoms. The molecule has 0 atom stereocenters. The van der Waals surface area contributed by atoms with E-state index in [4.69, 9.17) is 4.89 Å². The van der Waals surface area contributed by atoms with Gasteiger partial charge < -0.3 is 4.89 Å². The molecule has 0 saturated carbocycles. The van der Waals surface area contributed by atoms with Gasteiger partial charge in [0.1, 0.15) is 6.26 Å². The topological polar surface area (TPSA) is 46.2 Å². The van der Waals surface area contributed by atoms with Crippen LogP contribution in [0.25, 0.3) is 0 Å². The lowest BCUT2D eigenvalue weighted by molar-refractivity contribution is -0.700. The van der Waals surface area contributed by atoms with Gasteiger partial charge in [-0.3, -0.25) is 0 Å². The Morgan fingerprint density at radius 2 is 1.22 bits per heavy atom. The fourth-order valence-electron chi connectivity index (χ4n) is 2.41. The average molecular weight is 332 g/mol. The molecule has 138 valence electrons. The van der Waals surface area contributed by atoms with Crippen molar-refractivity contribution in [1.82, 2.24) is 0 Å². The molecule has 0 spiro atoms. The van der Waals surface area contributed by atoms with Crippen molar-refractivity contribution in [3.05, 3.63) is 12.8 Å². The summed E-state index contributed by atoms with van der Waals surface area (Å²) in [5.41, 5.74) is 0. The molecular formula is C18H36O5. The van der Waals surface area contributed by atoms with E-state index in [1.165, 1.54) is 64.2 Å². The van der Waals surface area contributed by atoms with Gasteiger partial charge in [0.25, 0.3) is 0 Å². The van der Waals surface area contributed by atoms with Crippen LogP contribution >= 0.6 is 0 Å². The van der Waals surface area contributed by atoms with Gasteiger partial charge in [-0.1, -0.05) is 91.1 Å². The third kappa shape index (κ3) is 21.4. The van der Waals surface area contributed by atoms with E-state index in [0.29, 0.717) is 6.61 Å². The third-order valence-electron chi connectivity index (χ3n) is 3.72. The van der Waals surface area contributed by atoms with E-state index in [1.54, 1.807) is 0 Å². The number of hydrogen-bond donors (Lipinski definition) is 0. The summed E-state index contributed by atoms with van der Waals surface area (Å²) in [5.74, 6) is 0.860. The molecule has 0 fully saturated rings. The smallest absolute Gasteiger partial charge is 0.125 e. The second kappa shape index (κ2) is 19.4. The lowest BCUT2D eigenvalue weighted by atomic mass is 10.0. The van der Waals surface area contributed by atoms with Crippen molar-refractivity contribution in [3.63, 3.8) is 0 Å². The zero-order chi connectivity index (χ0) is 17.0. The molecule has 0 aromatic rings. The van der Waals surface area contributed by atoms with Crippen molar-refractivity contribution in [2.45, 2.75) is 90.9 Å². The first kappa shape index (κ1) is 22.4. The van der Waals surface area contributed by atoms with Gasteiger partial charge in [0.15, 0.2) is 0 Å². The van der Waals surface area contributed by atoms with Gasteiger partial charge in [0, 0.05) is 10.1 Å². The summed E-state index contributed by atoms with van der Waals surface area (Å²) in [6.07, 6.45) is 16.8. The molecule has 23 heavy (non-hydrogen) atoms. The summed E-state index contributed by atoms with van der Waals surface area (Å²) in [6.45, 7) is 8.35. The Labute approximate surface area is 142 Å². The molecule has 0 unspecified atom stereocenters. The largest absolute Gasteiger partial charge is 0.315 e. The van der Waals surface area contributed by atoms with Gasteiger partial charge >= 0.3 is 0 Å². The summed E-state index contributed by atoms with van der Waals surface area (Å²) < 4.78 is 0. The van der Waals surface area contributed by atoms with E-state index in [1.807, 2.05) is 0 Å². The van der Waals surface area contributed by atoms with Gasteiger partial charge in [-0.25, -0.2) is 4.89 Å². The Kier molecular flexibility index (Phi) is 18.9. The Bertz CT molecular complexity index is 233. The van der Waals surface area contributed by atoms with Crippen LogP contribution in [0.2, 0.25) is 0 Å². The molecular weight excluding hydrogens is 296 g/mol. The zero-order valence-corrected chi connectivity index (χ0v) is 15.1. The van der Waals surface area contributed by atoms with Crippen LogP contribution in [0.15, 0.2) is 12.8 Å². The maximum Gasteiger partial charge on any atom is 0.125 e. The van der Waals surface area contributed by atoms with Crippen molar-refractivity contribution < 1.29 is 24.9 Å². The molecule has 0 amide bonds. The lowest BCUT2D eigenvalue weighted by Crippen LogP contribution is -1.99. The maximum absolute atomic E-state index is 4.73. The Morgan fingerprint density at radius 3 is 1.74 bits per heavy atom. The minimum absolute atomic E-state index is 0.480. The highest BCUT2D eigenvalue weighted by Crippen LogP contribution is 2.13. The highest BCUT2D eigenvalue weighted by atomic mass is 17.8. The van der Waals surface area contributed by atoms with Gasteiger partial charge in [-0.2, -0.15) is 0 Å². The molecule has 5 nitrogen and oxygen atoms in total. The zero-order valence-electron chi connectivity index (χ0n) is 15.1. The predicted octanol–water partition coefficient (Wildman–Crippen LogP) is 6.21. The summed E-state index contributed by atoms with van der Waals surface area (Å²) >= 11 is 0. The monoisotopic (exact) mass is 332 g/mol. The molecule has 0 aromatic heterocycles. The number of hydrogen-bond acceptors (Lipinski definition) is 5. The van der Waals surface area contributed by atoms with E-state index in [9.17, 15) is 0 Å². The normalized spacial score (nSPS) is 11.1. The average Bonchev–Trinajstić information content (AvgIpc) is 2.53. The second-order valence-electron chi connectivity index (χ2n) is 6.36. The molecule has 0 rings (SSSR count). The predicted molar refractivity (Wildman–Crippen MR) is 90.7 cm³/mol. The first-order valence-electron chi connectivity index (χ1n) is 9.16. The van der Waals surface area contributed by atoms with Crippen molar-refractivity contribution in [2.75, 3.05) is 6.61 Å². The molecule has 0 aliphatic heterocycles. The minimum Gasteiger partial charge on any atom is -0.315 e. The number of rotatable bonds is 19. The first-order chi connectivity index (χ1) is 11.3. The summed E-state index contributed by atoms with van der Waals surface area (Å²) in [7, 11) is 0. The number of unbranched alkanes of at least 4 members (excludes halogenated alkanes) is 10. The first-order valence-corrected chi connectivity index (χ1v) is 9.16. The van der Waals surface area contributed by atoms with Crippen LogP contribution in [0.4, 0.5) is 0 Å². The van der Waals surface area contributed by atoms with Gasteiger partial charge in [0.2, 0.25) is 0 Å². The van der Waals surface area contributed by atoms with Crippen molar-refractivity contribution >= 4 is 0 Å². The van der Waals surface area contributed by atoms with E-state index in [0.717, 1.165) is 25.0 Å². The van der Waals surface area contributed by atoms with E-state index in [-0.39, 0.29) is 0 Å². The second-order valence-corrected chi connectivity index (χ2v) is 6.36. The maximum atomic E-state index is 4.73. The molecule has 5 heteroatoms. The van der Waals surface area contributed by atoms with E-state index < -0.39 is 0 Å². The minimum atomic E-state index is 0.480. The SMILES string of the molecule is C=COOOOOCCCCCCCCCCCCCC(C)C. The summed E-state index contributed by atoms with van der Waals surface area (Å²) in [4.78, 5) is 8.92. The van der Waals surface area contributed by atoms with E-state index in [2.05, 4.69) is 40.4 Å². The van der Waals surface area contributed by atoms with Crippen LogP contribution in [0.3, 0.4) is 0 Å². The van der Waals surface area contributed by atoms with Gasteiger partial charge in [0.05, 0.1) is 6.61 Å². The Morgan fingerprint density at radius 1 is 0.696 bits per heavy atom. The summed E-state index contributed by atoms with van der Waals surface area (Å²) in [6, 6.07) is 0. The van der Waals surface area contributed by atoms with Crippen molar-refractivity contribution in [2.24, 2.45) is 5.92 Å². The summed E-state index contributed by atoms with van der Waals surface area (Å²) in [5, 5.41) is 12.4. The highest BCUT2D eigenvalue weighted by Gasteiger charge is 1.96. The van der Waals surface area contributed by atoms with E-state index >= 15 is 0 Å². The molecule has 0 aliphatic rings. The quantitative estimate of drug-likeness (QED) is 0.122. The van der Waals surface area contributed by atoms with Crippen LogP contribution in [0.5, 0.6) is 0 Å². The van der Waals surface area contributed by atoms with Crippen molar-refractivity contribution in [3.8, 4) is 0 Å². The molecule has 0 aromatic carbocycles. The third-order valence-corrected chi connectivity index (χ3v) is 3.72. The highest BCUT2D eigenvalue weighted by molar-refractivity contribution is 4.50. The van der Waals surface area contributed by atoms with Gasteiger partial charge in [-0.15, -0.1) is 0 Å². The molecule has 0 saturated heterocycles. The lowest BCUT2D eigenvalue weighted by Gasteiger charge is -2.04. The molecule has 0 heterocycles. The van der Waals surface area contributed by atoms with Crippen LogP contribution in [0.1, 0.15) is 90.9 Å². The Hall–Kier alpha value is -0.620. The molecule has 0 aliphatic carbocycles. The molecule has 0 radical (unpaired) electrons. The van der Waals surface area contributed by atoms with Crippen LogP contribution < -0.4 is 0 Å². The fourth-order valence-corrected chi connectivity index (χ4v) is 2.41. The van der Waals surface area contributed by atoms with Gasteiger partial charge in [-0.05, 0) is 17.4 Å².